The van der Waals surface area contributed by atoms with Gasteiger partial charge in [-0.05, 0) is 53.1 Å². The summed E-state index contributed by atoms with van der Waals surface area (Å²) in [5.41, 5.74) is 5.29. The van der Waals surface area contributed by atoms with E-state index in [1.807, 2.05) is 41.3 Å². The van der Waals surface area contributed by atoms with E-state index in [0.29, 0.717) is 18.4 Å². The molecule has 1 N–H and O–H groups in total. The van der Waals surface area contributed by atoms with Crippen molar-refractivity contribution in [2.75, 3.05) is 12.1 Å². The van der Waals surface area contributed by atoms with Gasteiger partial charge in [-0.25, -0.2) is 4.79 Å². The van der Waals surface area contributed by atoms with Crippen LogP contribution in [0.25, 0.3) is 0 Å². The summed E-state index contributed by atoms with van der Waals surface area (Å²) in [5.74, 6) is 2.05. The number of carbonyl (C=O) groups is 1. The second kappa shape index (κ2) is 10.2. The number of nitrogens with one attached hydrogen (secondary N) is 1. The SMILES string of the molecule is CC(C)c1cccc(C(C)C)c1NC(=O)N(Cc1ccc2c(c1)OCO2)C(C)c1ccccc1. The molecule has 0 fully saturated rings. The molecule has 0 aromatic heterocycles. The highest BCUT2D eigenvalue weighted by Crippen LogP contribution is 2.35. The number of hydrogen-bond acceptors (Lipinski definition) is 3. The molecule has 4 rings (SSSR count). The van der Waals surface area contributed by atoms with Gasteiger partial charge in [0.1, 0.15) is 0 Å². The maximum atomic E-state index is 13.9. The third-order valence-electron chi connectivity index (χ3n) is 6.41. The maximum Gasteiger partial charge on any atom is 0.322 e. The van der Waals surface area contributed by atoms with E-state index < -0.39 is 0 Å². The molecule has 34 heavy (non-hydrogen) atoms. The summed E-state index contributed by atoms with van der Waals surface area (Å²) < 4.78 is 11.0. The van der Waals surface area contributed by atoms with Gasteiger partial charge in [0.15, 0.2) is 11.5 Å². The third kappa shape index (κ3) is 5.04. The van der Waals surface area contributed by atoms with E-state index in [9.17, 15) is 4.79 Å². The van der Waals surface area contributed by atoms with Crippen LogP contribution in [0.3, 0.4) is 0 Å². The monoisotopic (exact) mass is 458 g/mol. The molecule has 3 aromatic carbocycles. The first-order chi connectivity index (χ1) is 16.3. The van der Waals surface area contributed by atoms with Gasteiger partial charge in [-0.1, -0.05) is 82.3 Å². The first-order valence-corrected chi connectivity index (χ1v) is 12.0. The maximum absolute atomic E-state index is 13.9. The van der Waals surface area contributed by atoms with Crippen molar-refractivity contribution in [3.8, 4) is 11.5 Å². The Hall–Kier alpha value is -3.47. The van der Waals surface area contributed by atoms with E-state index in [-0.39, 0.29) is 18.9 Å². The number of anilines is 1. The van der Waals surface area contributed by atoms with Gasteiger partial charge in [0.2, 0.25) is 6.79 Å². The van der Waals surface area contributed by atoms with Crippen molar-refractivity contribution >= 4 is 11.7 Å². The van der Waals surface area contributed by atoms with E-state index in [2.05, 4.69) is 70.3 Å². The minimum Gasteiger partial charge on any atom is -0.454 e. The molecule has 0 radical (unpaired) electrons. The number of fused-ring (bicyclic) bond motifs is 1. The predicted octanol–water partition coefficient (Wildman–Crippen LogP) is 7.46. The minimum atomic E-state index is -0.125. The molecule has 5 heteroatoms. The van der Waals surface area contributed by atoms with E-state index in [0.717, 1.165) is 39.4 Å². The van der Waals surface area contributed by atoms with Crippen LogP contribution in [0.2, 0.25) is 0 Å². The van der Waals surface area contributed by atoms with Gasteiger partial charge in [-0.2, -0.15) is 0 Å². The number of para-hydroxylation sites is 1. The lowest BCUT2D eigenvalue weighted by molar-refractivity contribution is 0.173. The number of nitrogens with zero attached hydrogens (tertiary/aromatic N) is 1. The second-order valence-electron chi connectivity index (χ2n) is 9.45. The molecule has 0 aliphatic carbocycles. The highest BCUT2D eigenvalue weighted by Gasteiger charge is 2.25. The summed E-state index contributed by atoms with van der Waals surface area (Å²) in [5, 5.41) is 3.30. The van der Waals surface area contributed by atoms with Crippen molar-refractivity contribution in [3.05, 3.63) is 89.0 Å². The molecule has 1 heterocycles. The second-order valence-corrected chi connectivity index (χ2v) is 9.45. The van der Waals surface area contributed by atoms with Crippen molar-refractivity contribution in [1.29, 1.82) is 0 Å². The van der Waals surface area contributed by atoms with Crippen LogP contribution in [-0.4, -0.2) is 17.7 Å². The van der Waals surface area contributed by atoms with Gasteiger partial charge in [0, 0.05) is 12.2 Å². The summed E-state index contributed by atoms with van der Waals surface area (Å²) in [4.78, 5) is 15.8. The van der Waals surface area contributed by atoms with Crippen LogP contribution in [0.4, 0.5) is 10.5 Å². The topological polar surface area (TPSA) is 50.8 Å². The average Bonchev–Trinajstić information content (AvgIpc) is 3.30. The Kier molecular flexibility index (Phi) is 7.11. The zero-order valence-electron chi connectivity index (χ0n) is 20.7. The van der Waals surface area contributed by atoms with Crippen LogP contribution in [-0.2, 0) is 6.54 Å². The smallest absolute Gasteiger partial charge is 0.322 e. The molecule has 3 aromatic rings. The van der Waals surface area contributed by atoms with Crippen molar-refractivity contribution < 1.29 is 14.3 Å². The number of urea groups is 1. The summed E-state index contributed by atoms with van der Waals surface area (Å²) in [6.45, 7) is 11.4. The summed E-state index contributed by atoms with van der Waals surface area (Å²) in [7, 11) is 0. The van der Waals surface area contributed by atoms with E-state index in [4.69, 9.17) is 9.47 Å². The van der Waals surface area contributed by atoms with Crippen LogP contribution in [0, 0.1) is 0 Å². The van der Waals surface area contributed by atoms with E-state index in [1.54, 1.807) is 0 Å². The molecular weight excluding hydrogens is 424 g/mol. The van der Waals surface area contributed by atoms with Crippen LogP contribution < -0.4 is 14.8 Å². The molecule has 5 nitrogen and oxygen atoms in total. The van der Waals surface area contributed by atoms with Crippen molar-refractivity contribution in [1.82, 2.24) is 4.90 Å². The fourth-order valence-electron chi connectivity index (χ4n) is 4.41. The third-order valence-corrected chi connectivity index (χ3v) is 6.41. The predicted molar refractivity (Wildman–Crippen MR) is 137 cm³/mol. The zero-order chi connectivity index (χ0) is 24.2. The van der Waals surface area contributed by atoms with Crippen LogP contribution in [0.1, 0.15) is 74.8 Å². The number of amides is 2. The van der Waals surface area contributed by atoms with Crippen molar-refractivity contribution in [2.24, 2.45) is 0 Å². The molecule has 0 saturated heterocycles. The minimum absolute atomic E-state index is 0.121. The van der Waals surface area contributed by atoms with E-state index >= 15 is 0 Å². The van der Waals surface area contributed by atoms with Crippen LogP contribution >= 0.6 is 0 Å². The fraction of sp³-hybridized carbons (Fsp3) is 0.345. The molecular formula is C29H34N2O3. The van der Waals surface area contributed by atoms with Crippen LogP contribution in [0.5, 0.6) is 11.5 Å². The largest absolute Gasteiger partial charge is 0.454 e. The quantitative estimate of drug-likeness (QED) is 0.400. The van der Waals surface area contributed by atoms with Crippen molar-refractivity contribution in [3.63, 3.8) is 0 Å². The molecule has 178 valence electrons. The van der Waals surface area contributed by atoms with Gasteiger partial charge in [-0.3, -0.25) is 0 Å². The van der Waals surface area contributed by atoms with Gasteiger partial charge < -0.3 is 19.7 Å². The lowest BCUT2D eigenvalue weighted by Gasteiger charge is -2.31. The summed E-state index contributed by atoms with van der Waals surface area (Å²) >= 11 is 0. The number of benzene rings is 3. The van der Waals surface area contributed by atoms with E-state index in [1.165, 1.54) is 0 Å². The molecule has 0 saturated carbocycles. The molecule has 0 bridgehead atoms. The molecule has 1 aliphatic rings. The van der Waals surface area contributed by atoms with Crippen molar-refractivity contribution in [2.45, 2.75) is 59.0 Å². The first kappa shape index (κ1) is 23.7. The molecule has 1 aliphatic heterocycles. The number of ether oxygens (including phenoxy) is 2. The number of hydrogen-bond donors (Lipinski definition) is 1. The lowest BCUT2D eigenvalue weighted by Crippen LogP contribution is -2.37. The van der Waals surface area contributed by atoms with Gasteiger partial charge in [0.25, 0.3) is 0 Å². The number of rotatable bonds is 7. The van der Waals surface area contributed by atoms with Crippen LogP contribution in [0.15, 0.2) is 66.7 Å². The Morgan fingerprint density at radius 1 is 0.853 bits per heavy atom. The van der Waals surface area contributed by atoms with Gasteiger partial charge >= 0.3 is 6.03 Å². The Balaban J connectivity index is 1.68. The highest BCUT2D eigenvalue weighted by molar-refractivity contribution is 5.91. The Morgan fingerprint density at radius 3 is 2.15 bits per heavy atom. The molecule has 1 unspecified atom stereocenters. The standard InChI is InChI=1S/C29H34N2O3/c1-19(2)24-12-9-13-25(20(3)4)28(24)30-29(32)31(21(5)23-10-7-6-8-11-23)17-22-14-15-26-27(16-22)34-18-33-26/h6-16,19-21H,17-18H2,1-5H3,(H,30,32). The zero-order valence-corrected chi connectivity index (χ0v) is 20.7. The Labute approximate surface area is 202 Å². The number of carbonyl (C=O) groups excluding carboxylic acids is 1. The van der Waals surface area contributed by atoms with Gasteiger partial charge in [0.05, 0.1) is 6.04 Å². The Morgan fingerprint density at radius 2 is 1.50 bits per heavy atom. The lowest BCUT2D eigenvalue weighted by atomic mass is 9.92. The van der Waals surface area contributed by atoms with Gasteiger partial charge in [-0.15, -0.1) is 0 Å². The highest BCUT2D eigenvalue weighted by atomic mass is 16.7. The molecule has 0 spiro atoms. The summed E-state index contributed by atoms with van der Waals surface area (Å²) in [6.07, 6.45) is 0. The Bertz CT molecular complexity index is 1120. The molecule has 2 amide bonds. The summed E-state index contributed by atoms with van der Waals surface area (Å²) in [6, 6.07) is 22.0. The fourth-order valence-corrected chi connectivity index (χ4v) is 4.41. The normalized spacial score (nSPS) is 13.3. The average molecular weight is 459 g/mol. The first-order valence-electron chi connectivity index (χ1n) is 12.0. The molecule has 1 atom stereocenters.